The molecule has 0 aliphatic carbocycles. The van der Waals surface area contributed by atoms with Gasteiger partial charge in [-0.1, -0.05) is 6.07 Å². The number of carbonyl (C=O) groups is 1. The number of halogens is 1. The van der Waals surface area contributed by atoms with Gasteiger partial charge in [-0.2, -0.15) is 5.10 Å². The molecule has 2 aromatic rings. The summed E-state index contributed by atoms with van der Waals surface area (Å²) in [4.78, 5) is 11.9. The summed E-state index contributed by atoms with van der Waals surface area (Å²) in [7, 11) is 0. The first kappa shape index (κ1) is 14.2. The van der Waals surface area contributed by atoms with Crippen LogP contribution in [0.1, 0.15) is 30.6 Å². The van der Waals surface area contributed by atoms with Crippen LogP contribution in [0.4, 0.5) is 10.1 Å². The van der Waals surface area contributed by atoms with Crippen LogP contribution in [0.15, 0.2) is 30.5 Å². The van der Waals surface area contributed by atoms with E-state index in [1.807, 2.05) is 26.1 Å². The molecule has 2 rings (SSSR count). The summed E-state index contributed by atoms with van der Waals surface area (Å²) in [5.41, 5.74) is 1.95. The van der Waals surface area contributed by atoms with E-state index in [9.17, 15) is 9.18 Å². The van der Waals surface area contributed by atoms with Crippen LogP contribution in [-0.2, 0) is 4.79 Å². The summed E-state index contributed by atoms with van der Waals surface area (Å²) in [5, 5.41) is 6.97. The molecule has 1 heterocycles. The van der Waals surface area contributed by atoms with Gasteiger partial charge in [-0.15, -0.1) is 0 Å². The molecule has 1 atom stereocenters. The number of hydrogen-bond donors (Lipinski definition) is 1. The Morgan fingerprint density at radius 3 is 2.75 bits per heavy atom. The zero-order chi connectivity index (χ0) is 14.7. The average molecular weight is 275 g/mol. The zero-order valence-corrected chi connectivity index (χ0v) is 11.9. The Balaban J connectivity index is 1.96. The lowest BCUT2D eigenvalue weighted by Gasteiger charge is -2.12. The number of nitrogens with zero attached hydrogens (tertiary/aromatic N) is 2. The molecule has 5 heteroatoms. The predicted octanol–water partition coefficient (Wildman–Crippen LogP) is 3.23. The van der Waals surface area contributed by atoms with Gasteiger partial charge in [-0.05, 0) is 44.5 Å². The van der Waals surface area contributed by atoms with Crippen LogP contribution in [0.5, 0.6) is 0 Å². The molecule has 1 aromatic carbocycles. The third-order valence-corrected chi connectivity index (χ3v) is 3.13. The lowest BCUT2D eigenvalue weighted by molar-refractivity contribution is -0.116. The summed E-state index contributed by atoms with van der Waals surface area (Å²) in [5.74, 6) is -0.479. The van der Waals surface area contributed by atoms with Gasteiger partial charge in [0.15, 0.2) is 0 Å². The smallest absolute Gasteiger partial charge is 0.226 e. The molecule has 0 spiro atoms. The van der Waals surface area contributed by atoms with E-state index in [1.165, 1.54) is 6.07 Å². The maximum atomic E-state index is 13.4. The van der Waals surface area contributed by atoms with Gasteiger partial charge in [-0.25, -0.2) is 4.39 Å². The molecule has 1 N–H and O–H groups in total. The lowest BCUT2D eigenvalue weighted by Crippen LogP contribution is -2.18. The molecule has 0 unspecified atom stereocenters. The van der Waals surface area contributed by atoms with Crippen molar-refractivity contribution in [2.45, 2.75) is 33.2 Å². The van der Waals surface area contributed by atoms with Crippen molar-refractivity contribution in [3.63, 3.8) is 0 Å². The van der Waals surface area contributed by atoms with E-state index in [0.717, 1.165) is 5.69 Å². The summed E-state index contributed by atoms with van der Waals surface area (Å²) < 4.78 is 15.1. The number of amides is 1. The summed E-state index contributed by atoms with van der Waals surface area (Å²) in [6.45, 7) is 5.50. The molecular weight excluding hydrogens is 257 g/mol. The number of anilines is 1. The standard InChI is InChI=1S/C15H18FN3O/c1-10-4-5-13(9-14(10)16)17-15(20)8-12(3)19-7-6-11(2)18-19/h4-7,9,12H,8H2,1-3H3,(H,17,20)/t12-/m1/s1. The topological polar surface area (TPSA) is 46.9 Å². The number of carbonyl (C=O) groups excluding carboxylic acids is 1. The number of nitrogens with one attached hydrogen (secondary N) is 1. The second-order valence-electron chi connectivity index (χ2n) is 5.00. The van der Waals surface area contributed by atoms with Gasteiger partial charge in [0.25, 0.3) is 0 Å². The van der Waals surface area contributed by atoms with Crippen molar-refractivity contribution in [1.82, 2.24) is 9.78 Å². The molecule has 0 aliphatic heterocycles. The van der Waals surface area contributed by atoms with Gasteiger partial charge >= 0.3 is 0 Å². The van der Waals surface area contributed by atoms with Crippen molar-refractivity contribution in [2.75, 3.05) is 5.32 Å². The molecule has 20 heavy (non-hydrogen) atoms. The van der Waals surface area contributed by atoms with Gasteiger partial charge in [0.05, 0.1) is 11.7 Å². The second-order valence-corrected chi connectivity index (χ2v) is 5.00. The molecule has 0 radical (unpaired) electrons. The minimum atomic E-state index is -0.321. The fraction of sp³-hybridized carbons (Fsp3) is 0.333. The van der Waals surface area contributed by atoms with Crippen LogP contribution in [0.3, 0.4) is 0 Å². The van der Waals surface area contributed by atoms with Crippen molar-refractivity contribution >= 4 is 11.6 Å². The van der Waals surface area contributed by atoms with E-state index in [4.69, 9.17) is 0 Å². The Morgan fingerprint density at radius 1 is 1.40 bits per heavy atom. The van der Waals surface area contributed by atoms with Gasteiger partial charge in [-0.3, -0.25) is 9.48 Å². The Bertz CT molecular complexity index is 621. The Hall–Kier alpha value is -2.17. The minimum absolute atomic E-state index is 0.0426. The highest BCUT2D eigenvalue weighted by molar-refractivity contribution is 5.90. The third kappa shape index (κ3) is 3.44. The Kier molecular flexibility index (Phi) is 4.17. The van der Waals surface area contributed by atoms with Crippen molar-refractivity contribution in [3.8, 4) is 0 Å². The fourth-order valence-electron chi connectivity index (χ4n) is 1.92. The van der Waals surface area contributed by atoms with Gasteiger partial charge in [0, 0.05) is 18.3 Å². The molecule has 0 fully saturated rings. The molecule has 0 saturated carbocycles. The summed E-state index contributed by atoms with van der Waals surface area (Å²) in [6.07, 6.45) is 2.13. The largest absolute Gasteiger partial charge is 0.326 e. The molecule has 1 amide bonds. The van der Waals surface area contributed by atoms with Gasteiger partial charge in [0.2, 0.25) is 5.91 Å². The lowest BCUT2D eigenvalue weighted by atomic mass is 10.2. The van der Waals surface area contributed by atoms with E-state index in [2.05, 4.69) is 10.4 Å². The molecule has 1 aromatic heterocycles. The predicted molar refractivity (Wildman–Crippen MR) is 76.1 cm³/mol. The van der Waals surface area contributed by atoms with Gasteiger partial charge < -0.3 is 5.32 Å². The number of hydrogen-bond acceptors (Lipinski definition) is 2. The third-order valence-electron chi connectivity index (χ3n) is 3.13. The molecule has 0 saturated heterocycles. The van der Waals surface area contributed by atoms with Crippen LogP contribution in [0.2, 0.25) is 0 Å². The summed E-state index contributed by atoms with van der Waals surface area (Å²) >= 11 is 0. The van der Waals surface area contributed by atoms with E-state index in [-0.39, 0.29) is 24.2 Å². The maximum absolute atomic E-state index is 13.4. The van der Waals surface area contributed by atoms with Crippen LogP contribution in [0.25, 0.3) is 0 Å². The quantitative estimate of drug-likeness (QED) is 0.931. The highest BCUT2D eigenvalue weighted by Gasteiger charge is 2.12. The average Bonchev–Trinajstić information content (AvgIpc) is 2.80. The van der Waals surface area contributed by atoms with Crippen molar-refractivity contribution in [2.24, 2.45) is 0 Å². The fourth-order valence-corrected chi connectivity index (χ4v) is 1.92. The van der Waals surface area contributed by atoms with E-state index in [0.29, 0.717) is 11.3 Å². The summed E-state index contributed by atoms with van der Waals surface area (Å²) in [6, 6.07) is 6.52. The maximum Gasteiger partial charge on any atom is 0.226 e. The monoisotopic (exact) mass is 275 g/mol. The first-order valence-electron chi connectivity index (χ1n) is 6.53. The second kappa shape index (κ2) is 5.86. The molecule has 106 valence electrons. The number of benzene rings is 1. The normalized spacial score (nSPS) is 12.2. The SMILES string of the molecule is Cc1ccn([C@H](C)CC(=O)Nc2ccc(C)c(F)c2)n1. The van der Waals surface area contributed by atoms with Crippen molar-refractivity contribution < 1.29 is 9.18 Å². The van der Waals surface area contributed by atoms with E-state index >= 15 is 0 Å². The number of aryl methyl sites for hydroxylation is 2. The Labute approximate surface area is 117 Å². The van der Waals surface area contributed by atoms with Gasteiger partial charge in [0.1, 0.15) is 5.82 Å². The minimum Gasteiger partial charge on any atom is -0.326 e. The van der Waals surface area contributed by atoms with E-state index < -0.39 is 0 Å². The van der Waals surface area contributed by atoms with Crippen LogP contribution < -0.4 is 5.32 Å². The number of aromatic nitrogens is 2. The molecule has 0 bridgehead atoms. The molecule has 4 nitrogen and oxygen atoms in total. The van der Waals surface area contributed by atoms with Crippen LogP contribution >= 0.6 is 0 Å². The first-order valence-corrected chi connectivity index (χ1v) is 6.53. The van der Waals surface area contributed by atoms with Crippen molar-refractivity contribution in [1.29, 1.82) is 0 Å². The van der Waals surface area contributed by atoms with Crippen LogP contribution in [0, 0.1) is 19.7 Å². The van der Waals surface area contributed by atoms with E-state index in [1.54, 1.807) is 23.7 Å². The van der Waals surface area contributed by atoms with Crippen molar-refractivity contribution in [3.05, 3.63) is 47.5 Å². The highest BCUT2D eigenvalue weighted by Crippen LogP contribution is 2.16. The number of rotatable bonds is 4. The zero-order valence-electron chi connectivity index (χ0n) is 11.9. The molecular formula is C15H18FN3O. The Morgan fingerprint density at radius 2 is 2.15 bits per heavy atom. The molecule has 0 aliphatic rings. The van der Waals surface area contributed by atoms with Crippen LogP contribution in [-0.4, -0.2) is 15.7 Å². The highest BCUT2D eigenvalue weighted by atomic mass is 19.1. The first-order chi connectivity index (χ1) is 9.45.